The Hall–Kier alpha value is -4.05. The Morgan fingerprint density at radius 3 is 2.65 bits per heavy atom. The zero-order valence-corrected chi connectivity index (χ0v) is 21.5. The molecular formula is C23H20ClF5N8O3. The summed E-state index contributed by atoms with van der Waals surface area (Å²) in [7, 11) is 1.53. The molecule has 40 heavy (non-hydrogen) atoms. The first-order valence-corrected chi connectivity index (χ1v) is 12.0. The molecule has 0 radical (unpaired) electrons. The van der Waals surface area contributed by atoms with Crippen molar-refractivity contribution in [3.8, 4) is 11.5 Å². The van der Waals surface area contributed by atoms with E-state index in [0.717, 1.165) is 0 Å². The number of alkyl halides is 5. The molecule has 1 fully saturated rings. The van der Waals surface area contributed by atoms with Gasteiger partial charge in [0.05, 0.1) is 18.8 Å². The van der Waals surface area contributed by atoms with Gasteiger partial charge in [0.2, 0.25) is 11.9 Å². The third kappa shape index (κ3) is 5.11. The molecule has 1 amide bonds. The molecule has 5 heterocycles. The van der Waals surface area contributed by atoms with E-state index in [2.05, 4.69) is 30.7 Å². The average Bonchev–Trinajstić information content (AvgIpc) is 3.60. The van der Waals surface area contributed by atoms with E-state index in [1.807, 2.05) is 0 Å². The third-order valence-electron chi connectivity index (χ3n) is 5.97. The molecule has 1 atom stereocenters. The standard InChI is InChI=1S/C23H20ClF5N8O3/c1-11(38)32-16-7-13(3-5-30-16)40-14-9-31-20-19(18(14)24)36(2)21(34-20)33-17-8-15(22(25,26)23(27,28)29)37(35-17)12-4-6-39-10-12/h3,5,7-9,12H,4,6,10H2,1-2H3,(H,30,32,38)(H,31,33,34,35)/t12-/m1/s1. The molecule has 4 aromatic rings. The van der Waals surface area contributed by atoms with E-state index in [1.165, 1.54) is 43.1 Å². The number of nitrogens with zero attached hydrogens (tertiary/aromatic N) is 6. The van der Waals surface area contributed by atoms with Gasteiger partial charge in [-0.2, -0.15) is 32.0 Å². The Morgan fingerprint density at radius 2 is 1.98 bits per heavy atom. The highest BCUT2D eigenvalue weighted by molar-refractivity contribution is 6.36. The molecule has 0 aliphatic carbocycles. The van der Waals surface area contributed by atoms with Crippen LogP contribution in [0.3, 0.4) is 0 Å². The van der Waals surface area contributed by atoms with Gasteiger partial charge in [-0.25, -0.2) is 9.97 Å². The van der Waals surface area contributed by atoms with Gasteiger partial charge in [0, 0.05) is 38.9 Å². The highest BCUT2D eigenvalue weighted by atomic mass is 35.5. The Bertz CT molecular complexity index is 1580. The van der Waals surface area contributed by atoms with Crippen LogP contribution in [0.4, 0.5) is 39.5 Å². The number of amides is 1. The van der Waals surface area contributed by atoms with Crippen LogP contribution in [0.15, 0.2) is 30.6 Å². The van der Waals surface area contributed by atoms with E-state index in [9.17, 15) is 26.7 Å². The number of hydrogen-bond donors (Lipinski definition) is 2. The Labute approximate surface area is 227 Å². The smallest absolute Gasteiger partial charge is 0.454 e. The molecule has 1 saturated heterocycles. The molecule has 0 saturated carbocycles. The Kier molecular flexibility index (Phi) is 6.99. The van der Waals surface area contributed by atoms with Gasteiger partial charge in [0.1, 0.15) is 27.8 Å². The van der Waals surface area contributed by atoms with Crippen LogP contribution in [0.1, 0.15) is 25.1 Å². The normalized spacial score (nSPS) is 15.9. The predicted octanol–water partition coefficient (Wildman–Crippen LogP) is 5.32. The summed E-state index contributed by atoms with van der Waals surface area (Å²) in [6.07, 6.45) is -2.89. The third-order valence-corrected chi connectivity index (χ3v) is 6.34. The van der Waals surface area contributed by atoms with Crippen LogP contribution >= 0.6 is 11.6 Å². The summed E-state index contributed by atoms with van der Waals surface area (Å²) < 4.78 is 81.5. The van der Waals surface area contributed by atoms with Gasteiger partial charge in [0.15, 0.2) is 17.2 Å². The van der Waals surface area contributed by atoms with Crippen LogP contribution < -0.4 is 15.4 Å². The van der Waals surface area contributed by atoms with E-state index < -0.39 is 23.8 Å². The first kappa shape index (κ1) is 27.5. The zero-order chi connectivity index (χ0) is 28.8. The lowest BCUT2D eigenvalue weighted by Crippen LogP contribution is -2.36. The summed E-state index contributed by atoms with van der Waals surface area (Å²) >= 11 is 6.57. The number of anilines is 3. The predicted molar refractivity (Wildman–Crippen MR) is 132 cm³/mol. The number of rotatable bonds is 7. The summed E-state index contributed by atoms with van der Waals surface area (Å²) in [5.74, 6) is -5.08. The van der Waals surface area contributed by atoms with Crippen molar-refractivity contribution in [2.75, 3.05) is 23.8 Å². The number of imidazole rings is 1. The number of halogens is 6. The van der Waals surface area contributed by atoms with Crippen LogP contribution in [0.5, 0.6) is 11.5 Å². The average molecular weight is 587 g/mol. The van der Waals surface area contributed by atoms with Crippen LogP contribution in [0.25, 0.3) is 11.2 Å². The van der Waals surface area contributed by atoms with E-state index >= 15 is 0 Å². The van der Waals surface area contributed by atoms with Crippen molar-refractivity contribution in [3.05, 3.63) is 41.3 Å². The second kappa shape index (κ2) is 10.2. The number of fused-ring (bicyclic) bond motifs is 1. The number of pyridine rings is 2. The van der Waals surface area contributed by atoms with E-state index in [-0.39, 0.29) is 65.1 Å². The maximum atomic E-state index is 14.4. The number of nitrogens with one attached hydrogen (secondary N) is 2. The van der Waals surface area contributed by atoms with Gasteiger partial charge in [-0.05, 0) is 12.5 Å². The first-order chi connectivity index (χ1) is 18.8. The fourth-order valence-electron chi connectivity index (χ4n) is 4.09. The maximum Gasteiger partial charge on any atom is 0.459 e. The number of aromatic nitrogens is 6. The van der Waals surface area contributed by atoms with E-state index in [4.69, 9.17) is 21.1 Å². The van der Waals surface area contributed by atoms with Gasteiger partial charge in [0.25, 0.3) is 0 Å². The number of aryl methyl sites for hydroxylation is 1. The molecule has 212 valence electrons. The summed E-state index contributed by atoms with van der Waals surface area (Å²) in [5, 5.41) is 9.28. The number of carbonyl (C=O) groups excluding carboxylic acids is 1. The SMILES string of the molecule is CC(=O)Nc1cc(Oc2cnc3nc(Nc4cc(C(F)(F)C(F)(F)F)n([C@@H]5CCOC5)n4)n(C)c3c2Cl)ccn1. The van der Waals surface area contributed by atoms with Crippen LogP contribution in [0, 0.1) is 0 Å². The van der Waals surface area contributed by atoms with Crippen molar-refractivity contribution in [3.63, 3.8) is 0 Å². The molecule has 5 rings (SSSR count). The molecule has 1 aliphatic heterocycles. The molecular weight excluding hydrogens is 567 g/mol. The fraction of sp³-hybridized carbons (Fsp3) is 0.348. The monoisotopic (exact) mass is 586 g/mol. The molecule has 4 aromatic heterocycles. The molecule has 1 aliphatic rings. The van der Waals surface area contributed by atoms with Crippen molar-refractivity contribution in [2.24, 2.45) is 7.05 Å². The lowest BCUT2D eigenvalue weighted by atomic mass is 10.2. The topological polar surface area (TPSA) is 121 Å². The highest BCUT2D eigenvalue weighted by Gasteiger charge is 2.61. The molecule has 2 N–H and O–H groups in total. The summed E-state index contributed by atoms with van der Waals surface area (Å²) in [5.41, 5.74) is -0.901. The van der Waals surface area contributed by atoms with Crippen LogP contribution in [-0.2, 0) is 22.5 Å². The summed E-state index contributed by atoms with van der Waals surface area (Å²) in [4.78, 5) is 23.8. The molecule has 0 unspecified atom stereocenters. The number of carbonyl (C=O) groups is 1. The molecule has 0 spiro atoms. The van der Waals surface area contributed by atoms with Gasteiger partial charge in [-0.1, -0.05) is 11.6 Å². The molecule has 0 aromatic carbocycles. The zero-order valence-electron chi connectivity index (χ0n) is 20.8. The minimum atomic E-state index is -5.83. The Balaban J connectivity index is 1.47. The Morgan fingerprint density at radius 1 is 1.20 bits per heavy atom. The fourth-order valence-corrected chi connectivity index (χ4v) is 4.39. The summed E-state index contributed by atoms with van der Waals surface area (Å²) in [6.45, 7) is 1.48. The second-order valence-corrected chi connectivity index (χ2v) is 9.22. The maximum absolute atomic E-state index is 14.4. The molecule has 0 bridgehead atoms. The van der Waals surface area contributed by atoms with Crippen LogP contribution in [0.2, 0.25) is 5.02 Å². The van der Waals surface area contributed by atoms with Crippen LogP contribution in [-0.4, -0.2) is 54.6 Å². The van der Waals surface area contributed by atoms with Crippen molar-refractivity contribution < 1.29 is 36.2 Å². The second-order valence-electron chi connectivity index (χ2n) is 8.84. The van der Waals surface area contributed by atoms with E-state index in [1.54, 1.807) is 0 Å². The number of hydrogen-bond acceptors (Lipinski definition) is 8. The lowest BCUT2D eigenvalue weighted by molar-refractivity contribution is -0.292. The van der Waals surface area contributed by atoms with Crippen molar-refractivity contribution in [1.29, 1.82) is 0 Å². The number of ether oxygens (including phenoxy) is 2. The lowest BCUT2D eigenvalue weighted by Gasteiger charge is -2.22. The minimum Gasteiger partial charge on any atom is -0.454 e. The van der Waals surface area contributed by atoms with Crippen molar-refractivity contribution >= 4 is 46.3 Å². The molecule has 11 nitrogen and oxygen atoms in total. The van der Waals surface area contributed by atoms with Gasteiger partial charge < -0.3 is 24.7 Å². The minimum absolute atomic E-state index is 0.0209. The quantitative estimate of drug-likeness (QED) is 0.279. The van der Waals surface area contributed by atoms with Crippen molar-refractivity contribution in [1.82, 2.24) is 29.3 Å². The molecule has 17 heteroatoms. The summed E-state index contributed by atoms with van der Waals surface area (Å²) in [6, 6.07) is 2.83. The first-order valence-electron chi connectivity index (χ1n) is 11.7. The highest BCUT2D eigenvalue weighted by Crippen LogP contribution is 2.46. The van der Waals surface area contributed by atoms with Gasteiger partial charge >= 0.3 is 12.1 Å². The van der Waals surface area contributed by atoms with Gasteiger partial charge in [-0.3, -0.25) is 9.48 Å². The van der Waals surface area contributed by atoms with Crippen molar-refractivity contribution in [2.45, 2.75) is 31.5 Å². The van der Waals surface area contributed by atoms with Gasteiger partial charge in [-0.15, -0.1) is 0 Å². The van der Waals surface area contributed by atoms with E-state index in [0.29, 0.717) is 16.5 Å². The largest absolute Gasteiger partial charge is 0.459 e.